The fourth-order valence-electron chi connectivity index (χ4n) is 1.56. The second-order valence-corrected chi connectivity index (χ2v) is 6.05. The summed E-state index contributed by atoms with van der Waals surface area (Å²) in [5, 5.41) is 5.76. The summed E-state index contributed by atoms with van der Waals surface area (Å²) in [7, 11) is 1.85. The van der Waals surface area contributed by atoms with Gasteiger partial charge in [0.2, 0.25) is 5.95 Å². The number of anilines is 1. The van der Waals surface area contributed by atoms with E-state index in [2.05, 4.69) is 42.1 Å². The molecule has 18 heavy (non-hydrogen) atoms. The van der Waals surface area contributed by atoms with Gasteiger partial charge in [0.05, 0.1) is 5.52 Å². The Balaban J connectivity index is 2.47. The molecule has 1 heterocycles. The van der Waals surface area contributed by atoms with Crippen LogP contribution in [0, 0.1) is 5.92 Å². The van der Waals surface area contributed by atoms with Crippen molar-refractivity contribution in [2.45, 2.75) is 31.0 Å². The summed E-state index contributed by atoms with van der Waals surface area (Å²) < 4.78 is 0. The number of para-hydroxylation sites is 1. The predicted octanol–water partition coefficient (Wildman–Crippen LogP) is 3.81. The minimum absolute atomic E-state index is 0.535. The first-order valence-electron chi connectivity index (χ1n) is 6.23. The van der Waals surface area contributed by atoms with Crippen LogP contribution in [0.1, 0.15) is 20.8 Å². The van der Waals surface area contributed by atoms with Gasteiger partial charge >= 0.3 is 0 Å². The van der Waals surface area contributed by atoms with Gasteiger partial charge in [0.1, 0.15) is 5.03 Å². The average Bonchev–Trinajstić information content (AvgIpc) is 2.38. The molecule has 1 unspecified atom stereocenters. The van der Waals surface area contributed by atoms with Crippen molar-refractivity contribution in [3.63, 3.8) is 0 Å². The lowest BCUT2D eigenvalue weighted by Gasteiger charge is -2.16. The van der Waals surface area contributed by atoms with E-state index in [1.54, 1.807) is 0 Å². The zero-order chi connectivity index (χ0) is 13.1. The van der Waals surface area contributed by atoms with Gasteiger partial charge in [-0.05, 0) is 12.0 Å². The predicted molar refractivity (Wildman–Crippen MR) is 79.2 cm³/mol. The Kier molecular flexibility index (Phi) is 4.07. The molecule has 0 saturated carbocycles. The number of thioether (sulfide) groups is 1. The van der Waals surface area contributed by atoms with Gasteiger partial charge in [-0.25, -0.2) is 9.97 Å². The van der Waals surface area contributed by atoms with Crippen LogP contribution in [0.4, 0.5) is 5.95 Å². The quantitative estimate of drug-likeness (QED) is 0.671. The number of rotatable bonds is 4. The highest BCUT2D eigenvalue weighted by molar-refractivity contribution is 8.00. The maximum absolute atomic E-state index is 4.58. The summed E-state index contributed by atoms with van der Waals surface area (Å²) in [6.07, 6.45) is 0. The monoisotopic (exact) mass is 261 g/mol. The standard InChI is InChI=1S/C14H19N3S/c1-9(2)10(3)18-13-11-7-5-6-8-12(11)16-14(15-4)17-13/h5-10H,1-4H3,(H,15,16,17). The number of nitrogens with one attached hydrogen (secondary N) is 1. The van der Waals surface area contributed by atoms with Crippen molar-refractivity contribution in [3.05, 3.63) is 24.3 Å². The first-order chi connectivity index (χ1) is 8.61. The van der Waals surface area contributed by atoms with Crippen LogP contribution in [0.15, 0.2) is 29.3 Å². The Labute approximate surface area is 112 Å². The Morgan fingerprint density at radius 3 is 2.50 bits per heavy atom. The normalized spacial score (nSPS) is 12.9. The molecule has 0 radical (unpaired) electrons. The van der Waals surface area contributed by atoms with Crippen molar-refractivity contribution in [2.75, 3.05) is 12.4 Å². The van der Waals surface area contributed by atoms with E-state index in [4.69, 9.17) is 0 Å². The van der Waals surface area contributed by atoms with E-state index in [1.165, 1.54) is 0 Å². The van der Waals surface area contributed by atoms with E-state index in [-0.39, 0.29) is 0 Å². The van der Waals surface area contributed by atoms with E-state index in [9.17, 15) is 0 Å². The molecular formula is C14H19N3S. The minimum Gasteiger partial charge on any atom is -0.357 e. The van der Waals surface area contributed by atoms with Crippen molar-refractivity contribution < 1.29 is 0 Å². The first kappa shape index (κ1) is 13.1. The van der Waals surface area contributed by atoms with Crippen molar-refractivity contribution in [1.29, 1.82) is 0 Å². The molecule has 0 aliphatic carbocycles. The minimum atomic E-state index is 0.535. The Bertz CT molecular complexity index is 540. The van der Waals surface area contributed by atoms with Crippen LogP contribution in [0.5, 0.6) is 0 Å². The lowest BCUT2D eigenvalue weighted by molar-refractivity contribution is 0.642. The summed E-state index contributed by atoms with van der Waals surface area (Å²) in [4.78, 5) is 9.05. The Morgan fingerprint density at radius 1 is 1.11 bits per heavy atom. The molecule has 1 atom stereocenters. The van der Waals surface area contributed by atoms with Crippen molar-refractivity contribution in [1.82, 2.24) is 9.97 Å². The second-order valence-electron chi connectivity index (χ2n) is 4.69. The first-order valence-corrected chi connectivity index (χ1v) is 7.11. The Hall–Kier alpha value is -1.29. The number of aromatic nitrogens is 2. The van der Waals surface area contributed by atoms with Gasteiger partial charge in [0.25, 0.3) is 0 Å². The maximum Gasteiger partial charge on any atom is 0.224 e. The van der Waals surface area contributed by atoms with Crippen molar-refractivity contribution in [3.8, 4) is 0 Å². The molecule has 1 aromatic carbocycles. The lowest BCUT2D eigenvalue weighted by Crippen LogP contribution is -2.07. The van der Waals surface area contributed by atoms with Crippen molar-refractivity contribution >= 4 is 28.6 Å². The molecule has 0 saturated heterocycles. The number of hydrogen-bond acceptors (Lipinski definition) is 4. The zero-order valence-electron chi connectivity index (χ0n) is 11.3. The third kappa shape index (κ3) is 2.75. The molecule has 2 aromatic rings. The Morgan fingerprint density at radius 2 is 1.83 bits per heavy atom. The summed E-state index contributed by atoms with van der Waals surface area (Å²) in [6, 6.07) is 8.16. The van der Waals surface area contributed by atoms with E-state index < -0.39 is 0 Å². The topological polar surface area (TPSA) is 37.8 Å². The fraction of sp³-hybridized carbons (Fsp3) is 0.429. The molecule has 0 aliphatic heterocycles. The smallest absolute Gasteiger partial charge is 0.224 e. The molecule has 1 N–H and O–H groups in total. The van der Waals surface area contributed by atoms with Gasteiger partial charge in [0, 0.05) is 17.7 Å². The van der Waals surface area contributed by atoms with Crippen LogP contribution < -0.4 is 5.32 Å². The number of fused-ring (bicyclic) bond motifs is 1. The highest BCUT2D eigenvalue weighted by Gasteiger charge is 2.13. The molecule has 0 amide bonds. The van der Waals surface area contributed by atoms with Gasteiger partial charge in [-0.2, -0.15) is 0 Å². The number of nitrogens with zero attached hydrogens (tertiary/aromatic N) is 2. The second kappa shape index (κ2) is 5.57. The molecular weight excluding hydrogens is 242 g/mol. The van der Waals surface area contributed by atoms with Crippen molar-refractivity contribution in [2.24, 2.45) is 5.92 Å². The summed E-state index contributed by atoms with van der Waals surface area (Å²) >= 11 is 1.82. The molecule has 1 aromatic heterocycles. The van der Waals surface area contributed by atoms with Crippen LogP contribution in [0.3, 0.4) is 0 Å². The third-order valence-corrected chi connectivity index (χ3v) is 4.48. The molecule has 0 fully saturated rings. The average molecular weight is 261 g/mol. The summed E-state index contributed by atoms with van der Waals surface area (Å²) in [5.74, 6) is 1.31. The van der Waals surface area contributed by atoms with Gasteiger partial charge < -0.3 is 5.32 Å². The number of benzene rings is 1. The summed E-state index contributed by atoms with van der Waals surface area (Å²) in [6.45, 7) is 6.71. The van der Waals surface area contributed by atoms with E-state index in [1.807, 2.05) is 37.0 Å². The lowest BCUT2D eigenvalue weighted by atomic mass is 10.2. The molecule has 4 heteroatoms. The van der Waals surface area contributed by atoms with E-state index in [0.29, 0.717) is 17.1 Å². The molecule has 2 rings (SSSR count). The van der Waals surface area contributed by atoms with Crippen LogP contribution >= 0.6 is 11.8 Å². The highest BCUT2D eigenvalue weighted by atomic mass is 32.2. The van der Waals surface area contributed by atoms with E-state index >= 15 is 0 Å². The van der Waals surface area contributed by atoms with Gasteiger partial charge in [-0.15, -0.1) is 11.8 Å². The van der Waals surface area contributed by atoms with E-state index in [0.717, 1.165) is 15.9 Å². The van der Waals surface area contributed by atoms with Crippen LogP contribution in [-0.2, 0) is 0 Å². The van der Waals surface area contributed by atoms with Crippen LogP contribution in [-0.4, -0.2) is 22.3 Å². The van der Waals surface area contributed by atoms with Gasteiger partial charge in [0.15, 0.2) is 0 Å². The summed E-state index contributed by atoms with van der Waals surface area (Å²) in [5.41, 5.74) is 0.996. The molecule has 0 spiro atoms. The van der Waals surface area contributed by atoms with Crippen LogP contribution in [0.25, 0.3) is 10.9 Å². The zero-order valence-corrected chi connectivity index (χ0v) is 12.1. The van der Waals surface area contributed by atoms with Gasteiger partial charge in [-0.1, -0.05) is 39.0 Å². The molecule has 3 nitrogen and oxygen atoms in total. The van der Waals surface area contributed by atoms with Crippen LogP contribution in [0.2, 0.25) is 0 Å². The third-order valence-electron chi connectivity index (χ3n) is 3.03. The highest BCUT2D eigenvalue weighted by Crippen LogP contribution is 2.32. The SMILES string of the molecule is CNc1nc(SC(C)C(C)C)c2ccccc2n1. The molecule has 0 bridgehead atoms. The largest absolute Gasteiger partial charge is 0.357 e. The molecule has 0 aliphatic rings. The van der Waals surface area contributed by atoms with Gasteiger partial charge in [-0.3, -0.25) is 0 Å². The number of hydrogen-bond donors (Lipinski definition) is 1. The maximum atomic E-state index is 4.58. The molecule has 96 valence electrons. The fourth-order valence-corrected chi connectivity index (χ4v) is 2.62.